The summed E-state index contributed by atoms with van der Waals surface area (Å²) in [6.45, 7) is 6.72. The zero-order valence-electron chi connectivity index (χ0n) is 24.8. The van der Waals surface area contributed by atoms with Crippen molar-refractivity contribution in [1.29, 1.82) is 0 Å². The van der Waals surface area contributed by atoms with Crippen LogP contribution in [0.2, 0.25) is 0 Å². The van der Waals surface area contributed by atoms with Gasteiger partial charge >= 0.3 is 0 Å². The predicted octanol–water partition coefficient (Wildman–Crippen LogP) is 6.40. The maximum atomic E-state index is 13.3. The Balaban J connectivity index is 0.00000301. The summed E-state index contributed by atoms with van der Waals surface area (Å²) in [7, 11) is 5.04. The topological polar surface area (TPSA) is 84.4 Å². The molecule has 3 rings (SSSR count). The van der Waals surface area contributed by atoms with Crippen molar-refractivity contribution in [3.63, 3.8) is 0 Å². The van der Waals surface area contributed by atoms with Crippen LogP contribution in [0.5, 0.6) is 0 Å². The van der Waals surface area contributed by atoms with E-state index in [1.807, 2.05) is 49.4 Å². The molecule has 0 radical (unpaired) electrons. The first-order chi connectivity index (χ1) is 20.3. The number of fused-ring (bicyclic) bond motifs is 1. The summed E-state index contributed by atoms with van der Waals surface area (Å²) >= 11 is 0. The molecular weight excluding hydrogens is 545 g/mol. The minimum absolute atomic E-state index is 0.283. The number of alkyl halides is 3. The number of anilines is 2. The molecule has 2 N–H and O–H groups in total. The Bertz CT molecular complexity index is 1300. The van der Waals surface area contributed by atoms with E-state index in [2.05, 4.69) is 38.7 Å². The van der Waals surface area contributed by atoms with E-state index < -0.39 is 19.1 Å². The zero-order valence-corrected chi connectivity index (χ0v) is 24.8. The number of nitrogens with one attached hydrogen (secondary N) is 2. The molecule has 0 saturated carbocycles. The number of rotatable bonds is 16. The summed E-state index contributed by atoms with van der Waals surface area (Å²) in [4.78, 5) is 15.8. The number of hydrogen-bond acceptors (Lipinski definition) is 8. The van der Waals surface area contributed by atoms with Gasteiger partial charge in [0.1, 0.15) is 5.82 Å². The highest BCUT2D eigenvalue weighted by molar-refractivity contribution is 5.81. The van der Waals surface area contributed by atoms with Gasteiger partial charge in [0, 0.05) is 50.3 Å². The summed E-state index contributed by atoms with van der Waals surface area (Å²) in [5.74, 6) is -1.85. The van der Waals surface area contributed by atoms with E-state index in [1.165, 1.54) is 0 Å². The van der Waals surface area contributed by atoms with E-state index in [-0.39, 0.29) is 6.54 Å². The molecule has 0 aliphatic heterocycles. The lowest BCUT2D eigenvalue weighted by molar-refractivity contribution is -0.0205. The van der Waals surface area contributed by atoms with Crippen molar-refractivity contribution in [1.82, 2.24) is 20.3 Å². The van der Waals surface area contributed by atoms with Crippen molar-refractivity contribution >= 4 is 22.5 Å². The quantitative estimate of drug-likeness (QED) is 0.0864. The molecule has 0 unspecified atom stereocenters. The molecule has 0 aliphatic rings. The lowest BCUT2D eigenvalue weighted by Crippen LogP contribution is -2.36. The van der Waals surface area contributed by atoms with Crippen LogP contribution in [0.4, 0.5) is 24.7 Å². The van der Waals surface area contributed by atoms with Gasteiger partial charge in [-0.3, -0.25) is 4.98 Å². The number of benzene rings is 1. The molecule has 0 spiro atoms. The van der Waals surface area contributed by atoms with Gasteiger partial charge in [0.25, 0.3) is 5.92 Å². The van der Waals surface area contributed by atoms with E-state index >= 15 is 0 Å². The monoisotopic (exact) mass is 586 g/mol. The molecule has 0 amide bonds. The number of aromatic nitrogens is 3. The van der Waals surface area contributed by atoms with Crippen molar-refractivity contribution in [3.05, 3.63) is 79.5 Å². The normalized spacial score (nSPS) is 12.1. The van der Waals surface area contributed by atoms with Crippen LogP contribution in [0.1, 0.15) is 19.8 Å². The maximum Gasteiger partial charge on any atom is 0.288 e. The van der Waals surface area contributed by atoms with E-state index in [9.17, 15) is 13.2 Å². The smallest absolute Gasteiger partial charge is 0.288 e. The van der Waals surface area contributed by atoms with Gasteiger partial charge in [-0.05, 0) is 55.4 Å². The van der Waals surface area contributed by atoms with Gasteiger partial charge < -0.3 is 25.0 Å². The van der Waals surface area contributed by atoms with Gasteiger partial charge in [-0.25, -0.2) is 23.1 Å². The van der Waals surface area contributed by atoms with Gasteiger partial charge in [-0.1, -0.05) is 6.92 Å². The van der Waals surface area contributed by atoms with E-state index in [0.717, 1.165) is 34.0 Å². The summed E-state index contributed by atoms with van der Waals surface area (Å²) in [5, 5.41) is 5.66. The van der Waals surface area contributed by atoms with Crippen LogP contribution in [0.25, 0.3) is 22.3 Å². The number of allylic oxidation sites excluding steroid dienone is 2. The minimum Gasteiger partial charge on any atom is -0.501 e. The average Bonchev–Trinajstić information content (AvgIpc) is 3.03. The van der Waals surface area contributed by atoms with Crippen LogP contribution in [0.15, 0.2) is 79.5 Å². The average molecular weight is 587 g/mol. The molecule has 11 heteroatoms. The number of nitrogens with zero attached hydrogens (tertiary/aromatic N) is 4. The van der Waals surface area contributed by atoms with Crippen molar-refractivity contribution < 1.29 is 22.6 Å². The first-order valence-electron chi connectivity index (χ1n) is 13.6. The molecule has 0 fully saturated rings. The molecule has 0 bridgehead atoms. The largest absolute Gasteiger partial charge is 0.501 e. The second kappa shape index (κ2) is 17.8. The van der Waals surface area contributed by atoms with E-state index in [4.69, 9.17) is 14.5 Å². The predicted molar refractivity (Wildman–Crippen MR) is 165 cm³/mol. The number of ether oxygens (including phenoxy) is 2. The van der Waals surface area contributed by atoms with Crippen LogP contribution in [0, 0.1) is 0 Å². The van der Waals surface area contributed by atoms with Crippen LogP contribution in [0.3, 0.4) is 0 Å². The van der Waals surface area contributed by atoms with Crippen LogP contribution in [-0.2, 0) is 9.47 Å². The van der Waals surface area contributed by atoms with Crippen molar-refractivity contribution in [2.24, 2.45) is 0 Å². The highest BCUT2D eigenvalue weighted by Gasteiger charge is 2.27. The summed E-state index contributed by atoms with van der Waals surface area (Å²) < 4.78 is 50.0. The Morgan fingerprint density at radius 2 is 1.88 bits per heavy atom. The third kappa shape index (κ3) is 10.1. The number of hydrogen-bond donors (Lipinski definition) is 2. The Labute approximate surface area is 246 Å². The van der Waals surface area contributed by atoms with Crippen molar-refractivity contribution in [2.45, 2.75) is 25.7 Å². The lowest BCUT2D eigenvalue weighted by Gasteiger charge is -2.27. The summed E-state index contributed by atoms with van der Waals surface area (Å²) in [5.41, 5.74) is 4.60. The van der Waals surface area contributed by atoms with Crippen molar-refractivity contribution in [3.8, 4) is 11.3 Å². The summed E-state index contributed by atoms with van der Waals surface area (Å²) in [6.07, 6.45) is 8.52. The van der Waals surface area contributed by atoms with Gasteiger partial charge in [-0.2, -0.15) is 0 Å². The van der Waals surface area contributed by atoms with E-state index in [1.54, 1.807) is 33.7 Å². The van der Waals surface area contributed by atoms with Gasteiger partial charge in [-0.15, -0.1) is 13.2 Å². The van der Waals surface area contributed by atoms with Crippen molar-refractivity contribution in [2.75, 3.05) is 64.4 Å². The SMILES string of the molecule is C=C.CC/C(=C\C(=C/COC)N(CCCNCC(F)(F)CF)c1ccc2ncc(-c3ccc(NC)nc3)nc2c1)OC. The van der Waals surface area contributed by atoms with Crippen LogP contribution < -0.4 is 15.5 Å². The fourth-order valence-corrected chi connectivity index (χ4v) is 3.97. The molecule has 228 valence electrons. The molecule has 0 aliphatic carbocycles. The first-order valence-corrected chi connectivity index (χ1v) is 13.6. The second-order valence-corrected chi connectivity index (χ2v) is 9.03. The molecule has 42 heavy (non-hydrogen) atoms. The molecule has 1 aromatic carbocycles. The number of pyridine rings is 1. The van der Waals surface area contributed by atoms with Gasteiger partial charge in [0.15, 0.2) is 6.67 Å². The standard InChI is InChI=1S/C29H37F3N6O2.C2H4/c1-5-24(40-4)15-23(11-14-39-3)38(13-6-12-34-20-29(31,32)19-30)22-8-9-25-26(16-22)37-27(18-35-25)21-7-10-28(33-2)36-17-21;1-2/h7-11,15-18,34H,5-6,12-14,19-20H2,1-4H3,(H,33,36);1-2H2/b23-11+,24-15+;. The minimum atomic E-state index is -3.38. The molecule has 2 aromatic heterocycles. The Morgan fingerprint density at radius 1 is 1.10 bits per heavy atom. The fourth-order valence-electron chi connectivity index (χ4n) is 3.97. The zero-order chi connectivity index (χ0) is 31.0. The summed E-state index contributed by atoms with van der Waals surface area (Å²) in [6, 6.07) is 9.58. The Morgan fingerprint density at radius 3 is 2.50 bits per heavy atom. The molecular formula is C31H41F3N6O2. The first kappa shape index (κ1) is 34.2. The van der Waals surface area contributed by atoms with E-state index in [0.29, 0.717) is 37.2 Å². The van der Waals surface area contributed by atoms with Crippen LogP contribution in [-0.4, -0.2) is 75.1 Å². The number of methoxy groups -OCH3 is 2. The third-order valence-electron chi connectivity index (χ3n) is 6.16. The molecule has 2 heterocycles. The molecule has 0 saturated heterocycles. The maximum absolute atomic E-state index is 13.3. The molecule has 8 nitrogen and oxygen atoms in total. The van der Waals surface area contributed by atoms with Gasteiger partial charge in [0.05, 0.1) is 48.9 Å². The Hall–Kier alpha value is -3.96. The lowest BCUT2D eigenvalue weighted by atomic mass is 10.1. The highest BCUT2D eigenvalue weighted by Crippen LogP contribution is 2.27. The highest BCUT2D eigenvalue weighted by atomic mass is 19.3. The Kier molecular flexibility index (Phi) is 14.5. The third-order valence-corrected chi connectivity index (χ3v) is 6.16. The molecule has 3 aromatic rings. The van der Waals surface area contributed by atoms with Crippen LogP contribution >= 0.6 is 0 Å². The fraction of sp³-hybridized carbons (Fsp3) is 0.387. The molecule has 0 atom stereocenters. The second-order valence-electron chi connectivity index (χ2n) is 9.03. The van der Waals surface area contributed by atoms with Gasteiger partial charge in [0.2, 0.25) is 0 Å². The number of halogens is 3.